The zero-order chi connectivity index (χ0) is 15.4. The highest BCUT2D eigenvalue weighted by atomic mass is 16.2. The maximum atomic E-state index is 11.8. The smallest absolute Gasteiger partial charge is 0.340 e. The molecule has 0 rings (SSSR count). The van der Waals surface area contributed by atoms with Crippen molar-refractivity contribution in [2.24, 2.45) is 0 Å². The Morgan fingerprint density at radius 1 is 1.00 bits per heavy atom. The van der Waals surface area contributed by atoms with Crippen LogP contribution in [-0.2, 0) is 0 Å². The lowest BCUT2D eigenvalue weighted by Crippen LogP contribution is -2.57. The highest BCUT2D eigenvalue weighted by Gasteiger charge is 2.15. The lowest BCUT2D eigenvalue weighted by Gasteiger charge is -2.23. The van der Waals surface area contributed by atoms with Crippen LogP contribution in [0.5, 0.6) is 0 Å². The standard InChI is InChI=1S/C11H24N6O3/c1-4-6-7-8-17(16-10(19)13-5-2)11(20)15-14-9(18)12-3/h4-8H2,1-3H3,(H,15,20)(H2,12,14,18)(H2,13,16,19). The van der Waals surface area contributed by atoms with E-state index in [0.717, 1.165) is 24.3 Å². The van der Waals surface area contributed by atoms with E-state index in [2.05, 4.69) is 26.9 Å². The molecule has 0 aromatic rings. The van der Waals surface area contributed by atoms with Crippen molar-refractivity contribution >= 4 is 18.1 Å². The summed E-state index contributed by atoms with van der Waals surface area (Å²) in [4.78, 5) is 34.2. The molecule has 0 aliphatic heterocycles. The molecule has 0 aromatic heterocycles. The van der Waals surface area contributed by atoms with Gasteiger partial charge >= 0.3 is 18.1 Å². The highest BCUT2D eigenvalue weighted by Crippen LogP contribution is 1.96. The van der Waals surface area contributed by atoms with Gasteiger partial charge in [0.15, 0.2) is 0 Å². The molecule has 0 aromatic carbocycles. The number of hydrogen-bond acceptors (Lipinski definition) is 3. The molecule has 0 spiro atoms. The molecule has 116 valence electrons. The highest BCUT2D eigenvalue weighted by molar-refractivity contribution is 5.82. The third kappa shape index (κ3) is 8.01. The molecule has 0 unspecified atom stereocenters. The number of carbonyl (C=O) groups excluding carboxylic acids is 3. The Morgan fingerprint density at radius 2 is 1.70 bits per heavy atom. The summed E-state index contributed by atoms with van der Waals surface area (Å²) in [5.74, 6) is 0. The van der Waals surface area contributed by atoms with Gasteiger partial charge in [0.25, 0.3) is 0 Å². The number of unbranched alkanes of at least 4 members (excludes halogenated alkanes) is 2. The Hall–Kier alpha value is -2.19. The van der Waals surface area contributed by atoms with E-state index in [1.807, 2.05) is 6.92 Å². The Kier molecular flexibility index (Phi) is 9.53. The molecule has 0 fully saturated rings. The predicted octanol–water partition coefficient (Wildman–Crippen LogP) is 0.266. The zero-order valence-corrected chi connectivity index (χ0v) is 12.2. The molecular weight excluding hydrogens is 264 g/mol. The first-order chi connectivity index (χ1) is 9.54. The van der Waals surface area contributed by atoms with Gasteiger partial charge < -0.3 is 10.6 Å². The molecule has 5 N–H and O–H groups in total. The molecule has 0 saturated carbocycles. The third-order valence-corrected chi connectivity index (χ3v) is 2.31. The minimum atomic E-state index is -0.615. The molecule has 0 aliphatic carbocycles. The summed E-state index contributed by atoms with van der Waals surface area (Å²) in [5, 5.41) is 5.94. The topological polar surface area (TPSA) is 115 Å². The Morgan fingerprint density at radius 3 is 2.25 bits per heavy atom. The maximum absolute atomic E-state index is 11.8. The summed E-state index contributed by atoms with van der Waals surface area (Å²) in [5.41, 5.74) is 6.75. The lowest BCUT2D eigenvalue weighted by atomic mass is 10.2. The van der Waals surface area contributed by atoms with Crippen LogP contribution in [0.15, 0.2) is 0 Å². The van der Waals surface area contributed by atoms with E-state index in [-0.39, 0.29) is 0 Å². The van der Waals surface area contributed by atoms with E-state index < -0.39 is 18.1 Å². The number of carbonyl (C=O) groups is 3. The number of hydrazine groups is 2. The fourth-order valence-corrected chi connectivity index (χ4v) is 1.29. The maximum Gasteiger partial charge on any atom is 0.354 e. The zero-order valence-electron chi connectivity index (χ0n) is 12.2. The molecule has 6 amide bonds. The number of nitrogens with zero attached hydrogens (tertiary/aromatic N) is 1. The van der Waals surface area contributed by atoms with E-state index in [1.54, 1.807) is 6.92 Å². The van der Waals surface area contributed by atoms with Crippen LogP contribution in [-0.4, -0.2) is 43.2 Å². The summed E-state index contributed by atoms with van der Waals surface area (Å²) < 4.78 is 0. The minimum absolute atomic E-state index is 0.353. The van der Waals surface area contributed by atoms with Crippen LogP contribution in [0, 0.1) is 0 Å². The first-order valence-corrected chi connectivity index (χ1v) is 6.64. The van der Waals surface area contributed by atoms with Crippen molar-refractivity contribution in [1.29, 1.82) is 0 Å². The van der Waals surface area contributed by atoms with Crippen molar-refractivity contribution in [1.82, 2.24) is 31.9 Å². The number of urea groups is 3. The summed E-state index contributed by atoms with van der Waals surface area (Å²) in [6, 6.07) is -1.64. The lowest BCUT2D eigenvalue weighted by molar-refractivity contribution is 0.162. The molecule has 0 bridgehead atoms. The van der Waals surface area contributed by atoms with Gasteiger partial charge in [-0.05, 0) is 13.3 Å². The van der Waals surface area contributed by atoms with Crippen molar-refractivity contribution in [3.63, 3.8) is 0 Å². The van der Waals surface area contributed by atoms with Gasteiger partial charge in [-0.15, -0.1) is 0 Å². The van der Waals surface area contributed by atoms with Crippen molar-refractivity contribution in [3.8, 4) is 0 Å². The van der Waals surface area contributed by atoms with Crippen LogP contribution in [0.1, 0.15) is 33.1 Å². The summed E-state index contributed by atoms with van der Waals surface area (Å²) >= 11 is 0. The molecule has 0 heterocycles. The molecule has 20 heavy (non-hydrogen) atoms. The van der Waals surface area contributed by atoms with Crippen LogP contribution in [0.3, 0.4) is 0 Å². The summed E-state index contributed by atoms with van der Waals surface area (Å²) in [7, 11) is 1.42. The average molecular weight is 288 g/mol. The monoisotopic (exact) mass is 288 g/mol. The van der Waals surface area contributed by atoms with Crippen molar-refractivity contribution in [2.45, 2.75) is 33.1 Å². The van der Waals surface area contributed by atoms with Gasteiger partial charge in [0, 0.05) is 20.1 Å². The second-order valence-corrected chi connectivity index (χ2v) is 3.96. The Balaban J connectivity index is 4.36. The van der Waals surface area contributed by atoms with E-state index >= 15 is 0 Å². The fraction of sp³-hybridized carbons (Fsp3) is 0.727. The van der Waals surface area contributed by atoms with Gasteiger partial charge in [0.2, 0.25) is 0 Å². The normalized spacial score (nSPS) is 9.35. The van der Waals surface area contributed by atoms with Crippen LogP contribution < -0.4 is 26.9 Å². The second-order valence-electron chi connectivity index (χ2n) is 3.96. The summed E-state index contributed by atoms with van der Waals surface area (Å²) in [6.45, 7) is 4.61. The van der Waals surface area contributed by atoms with Gasteiger partial charge in [0.05, 0.1) is 0 Å². The average Bonchev–Trinajstić information content (AvgIpc) is 2.43. The molecule has 0 aliphatic rings. The van der Waals surface area contributed by atoms with E-state index in [1.165, 1.54) is 7.05 Å². The van der Waals surface area contributed by atoms with Gasteiger partial charge in [-0.2, -0.15) is 0 Å². The summed E-state index contributed by atoms with van der Waals surface area (Å²) in [6.07, 6.45) is 2.67. The molecule has 9 heteroatoms. The van der Waals surface area contributed by atoms with Crippen LogP contribution in [0.25, 0.3) is 0 Å². The van der Waals surface area contributed by atoms with Gasteiger partial charge in [0.1, 0.15) is 0 Å². The van der Waals surface area contributed by atoms with Gasteiger partial charge in [-0.1, -0.05) is 19.8 Å². The molecular formula is C11H24N6O3. The van der Waals surface area contributed by atoms with Crippen LogP contribution >= 0.6 is 0 Å². The molecule has 0 atom stereocenters. The van der Waals surface area contributed by atoms with Gasteiger partial charge in [-0.25, -0.2) is 35.7 Å². The van der Waals surface area contributed by atoms with Gasteiger partial charge in [-0.3, -0.25) is 0 Å². The Labute approximate surface area is 118 Å². The number of nitrogens with one attached hydrogen (secondary N) is 5. The number of rotatable bonds is 5. The van der Waals surface area contributed by atoms with Crippen LogP contribution in [0.2, 0.25) is 0 Å². The number of hydrogen-bond donors (Lipinski definition) is 5. The SMILES string of the molecule is CCCCCN(NC(=O)NCC)C(=O)NNC(=O)NC. The number of amides is 6. The largest absolute Gasteiger partial charge is 0.354 e. The molecule has 9 nitrogen and oxygen atoms in total. The minimum Gasteiger partial charge on any atom is -0.340 e. The predicted molar refractivity (Wildman–Crippen MR) is 74.6 cm³/mol. The Bertz CT molecular complexity index is 323. The van der Waals surface area contributed by atoms with Crippen molar-refractivity contribution in [3.05, 3.63) is 0 Å². The van der Waals surface area contributed by atoms with Crippen molar-refractivity contribution < 1.29 is 14.4 Å². The third-order valence-electron chi connectivity index (χ3n) is 2.31. The second kappa shape index (κ2) is 10.7. The molecule has 0 saturated heterocycles. The van der Waals surface area contributed by atoms with E-state index in [9.17, 15) is 14.4 Å². The fourth-order valence-electron chi connectivity index (χ4n) is 1.29. The molecule has 0 radical (unpaired) electrons. The van der Waals surface area contributed by atoms with E-state index in [0.29, 0.717) is 13.1 Å². The first kappa shape index (κ1) is 17.8. The van der Waals surface area contributed by atoms with Crippen molar-refractivity contribution in [2.75, 3.05) is 20.1 Å². The van der Waals surface area contributed by atoms with Crippen LogP contribution in [0.4, 0.5) is 14.4 Å². The van der Waals surface area contributed by atoms with E-state index in [4.69, 9.17) is 0 Å². The quantitative estimate of drug-likeness (QED) is 0.369. The first-order valence-electron chi connectivity index (χ1n) is 6.64.